The molecule has 0 aliphatic rings. The lowest BCUT2D eigenvalue weighted by atomic mass is 10.2. The smallest absolute Gasteiger partial charge is 0.170 e. The van der Waals surface area contributed by atoms with Crippen LogP contribution in [0.3, 0.4) is 0 Å². The molecule has 13 heavy (non-hydrogen) atoms. The Hall–Kier alpha value is 0.620. The van der Waals surface area contributed by atoms with Crippen molar-refractivity contribution in [1.29, 1.82) is 0 Å². The summed E-state index contributed by atoms with van der Waals surface area (Å²) in [7, 11) is 0. The first-order chi connectivity index (χ1) is 5.75. The van der Waals surface area contributed by atoms with Crippen LogP contribution in [-0.4, -0.2) is 22.0 Å². The predicted octanol–water partition coefficient (Wildman–Crippen LogP) is 4.09. The molecule has 0 bridgehead atoms. The van der Waals surface area contributed by atoms with Crippen LogP contribution in [0.25, 0.3) is 0 Å². The molecule has 0 saturated carbocycles. The molecule has 5 heteroatoms. The number of rotatable bonds is 4. The maximum atomic E-state index is 12.0. The molecule has 0 amide bonds. The largest absolute Gasteiger partial charge is 0.402 e. The first-order valence-electron chi connectivity index (χ1n) is 4.07. The fourth-order valence-corrected chi connectivity index (χ4v) is 2.03. The maximum Gasteiger partial charge on any atom is 0.402 e. The van der Waals surface area contributed by atoms with E-state index in [-0.39, 0.29) is 11.0 Å². The molecule has 0 saturated heterocycles. The van der Waals surface area contributed by atoms with Crippen LogP contribution >= 0.6 is 27.7 Å². The SMILES string of the molecule is CC(C)C(C)SCC(Br)C(F)(F)F. The Bertz CT molecular complexity index is 147. The maximum absolute atomic E-state index is 12.0. The zero-order valence-corrected chi connectivity index (χ0v) is 10.3. The summed E-state index contributed by atoms with van der Waals surface area (Å²) >= 11 is 3.98. The van der Waals surface area contributed by atoms with Crippen molar-refractivity contribution in [3.63, 3.8) is 0 Å². The predicted molar refractivity (Wildman–Crippen MR) is 55.5 cm³/mol. The molecule has 0 fully saturated rings. The molecule has 0 N–H and O–H groups in total. The third-order valence-electron chi connectivity index (χ3n) is 1.80. The molecule has 2 unspecified atom stereocenters. The topological polar surface area (TPSA) is 0 Å². The van der Waals surface area contributed by atoms with Crippen LogP contribution < -0.4 is 0 Å². The molecule has 0 spiro atoms. The molecule has 0 aromatic carbocycles. The van der Waals surface area contributed by atoms with Crippen molar-refractivity contribution in [1.82, 2.24) is 0 Å². The summed E-state index contributed by atoms with van der Waals surface area (Å²) in [6.45, 7) is 5.97. The van der Waals surface area contributed by atoms with Crippen molar-refractivity contribution in [3.05, 3.63) is 0 Å². The lowest BCUT2D eigenvalue weighted by Crippen LogP contribution is -2.26. The lowest BCUT2D eigenvalue weighted by Gasteiger charge is -2.18. The highest BCUT2D eigenvalue weighted by molar-refractivity contribution is 9.09. The van der Waals surface area contributed by atoms with Crippen LogP contribution in [-0.2, 0) is 0 Å². The highest BCUT2D eigenvalue weighted by atomic mass is 79.9. The highest BCUT2D eigenvalue weighted by Gasteiger charge is 2.37. The Morgan fingerprint density at radius 3 is 2.00 bits per heavy atom. The van der Waals surface area contributed by atoms with Gasteiger partial charge >= 0.3 is 6.18 Å². The van der Waals surface area contributed by atoms with E-state index in [1.165, 1.54) is 11.8 Å². The number of alkyl halides is 4. The van der Waals surface area contributed by atoms with Crippen LogP contribution in [0, 0.1) is 5.92 Å². The average molecular weight is 279 g/mol. The Morgan fingerprint density at radius 1 is 1.23 bits per heavy atom. The van der Waals surface area contributed by atoms with Crippen LogP contribution in [0.5, 0.6) is 0 Å². The van der Waals surface area contributed by atoms with Crippen molar-refractivity contribution in [2.75, 3.05) is 5.75 Å². The van der Waals surface area contributed by atoms with Crippen LogP contribution in [0.2, 0.25) is 0 Å². The van der Waals surface area contributed by atoms with Gasteiger partial charge < -0.3 is 0 Å². The van der Waals surface area contributed by atoms with Crippen molar-refractivity contribution in [2.45, 2.75) is 37.0 Å². The van der Waals surface area contributed by atoms with Crippen LogP contribution in [0.15, 0.2) is 0 Å². The first-order valence-corrected chi connectivity index (χ1v) is 6.04. The molecule has 0 heterocycles. The van der Waals surface area contributed by atoms with E-state index in [0.717, 1.165) is 0 Å². The minimum Gasteiger partial charge on any atom is -0.170 e. The zero-order chi connectivity index (χ0) is 10.6. The first kappa shape index (κ1) is 13.6. The van der Waals surface area contributed by atoms with E-state index in [9.17, 15) is 13.2 Å². The summed E-state index contributed by atoms with van der Waals surface area (Å²) in [5.74, 6) is 0.501. The van der Waals surface area contributed by atoms with E-state index in [0.29, 0.717) is 5.92 Å². The Balaban J connectivity index is 3.77. The minimum atomic E-state index is -4.12. The highest BCUT2D eigenvalue weighted by Crippen LogP contribution is 2.31. The van der Waals surface area contributed by atoms with E-state index in [1.807, 2.05) is 20.8 Å². The van der Waals surface area contributed by atoms with Gasteiger partial charge in [0.2, 0.25) is 0 Å². The molecular weight excluding hydrogens is 265 g/mol. The van der Waals surface area contributed by atoms with Crippen LogP contribution in [0.4, 0.5) is 13.2 Å². The number of hydrogen-bond donors (Lipinski definition) is 0. The summed E-state index contributed by atoms with van der Waals surface area (Å²) in [5, 5.41) is 0.266. The second-order valence-electron chi connectivity index (χ2n) is 3.29. The van der Waals surface area contributed by atoms with Gasteiger partial charge in [-0.25, -0.2) is 0 Å². The number of halogens is 4. The molecule has 2 atom stereocenters. The Morgan fingerprint density at radius 2 is 1.69 bits per heavy atom. The summed E-state index contributed by atoms with van der Waals surface area (Å²) < 4.78 is 36.1. The molecule has 0 aliphatic carbocycles. The van der Waals surface area contributed by atoms with E-state index >= 15 is 0 Å². The molecular formula is C8H14BrF3S. The lowest BCUT2D eigenvalue weighted by molar-refractivity contribution is -0.122. The fraction of sp³-hybridized carbons (Fsp3) is 1.00. The van der Waals surface area contributed by atoms with Crippen molar-refractivity contribution < 1.29 is 13.2 Å². The van der Waals surface area contributed by atoms with Crippen LogP contribution in [0.1, 0.15) is 20.8 Å². The molecule has 0 aliphatic heterocycles. The molecule has 0 radical (unpaired) electrons. The number of thioether (sulfide) groups is 1. The molecule has 80 valence electrons. The van der Waals surface area contributed by atoms with Gasteiger partial charge in [-0.15, -0.1) is 0 Å². The number of hydrogen-bond acceptors (Lipinski definition) is 1. The van der Waals surface area contributed by atoms with Gasteiger partial charge in [-0.2, -0.15) is 24.9 Å². The van der Waals surface area contributed by atoms with Gasteiger partial charge in [-0.1, -0.05) is 36.7 Å². The normalized spacial score (nSPS) is 17.5. The van der Waals surface area contributed by atoms with E-state index in [4.69, 9.17) is 0 Å². The van der Waals surface area contributed by atoms with E-state index in [2.05, 4.69) is 15.9 Å². The van der Waals surface area contributed by atoms with Gasteiger partial charge in [0, 0.05) is 11.0 Å². The summed E-state index contributed by atoms with van der Waals surface area (Å²) in [6.07, 6.45) is -4.12. The second kappa shape index (κ2) is 5.49. The fourth-order valence-electron chi connectivity index (χ4n) is 0.523. The Kier molecular flexibility index (Phi) is 5.75. The third kappa shape index (κ3) is 5.83. The van der Waals surface area contributed by atoms with Crippen molar-refractivity contribution in [2.24, 2.45) is 5.92 Å². The van der Waals surface area contributed by atoms with Gasteiger partial charge in [0.05, 0.1) is 0 Å². The van der Waals surface area contributed by atoms with Crippen molar-refractivity contribution in [3.8, 4) is 0 Å². The summed E-state index contributed by atoms with van der Waals surface area (Å²) in [6, 6.07) is 0. The van der Waals surface area contributed by atoms with Crippen molar-refractivity contribution >= 4 is 27.7 Å². The quantitative estimate of drug-likeness (QED) is 0.698. The summed E-state index contributed by atoms with van der Waals surface area (Å²) in [5.41, 5.74) is 0. The van der Waals surface area contributed by atoms with Gasteiger partial charge in [-0.3, -0.25) is 0 Å². The standard InChI is InChI=1S/C8H14BrF3S/c1-5(2)6(3)13-4-7(9)8(10,11)12/h5-7H,4H2,1-3H3. The zero-order valence-electron chi connectivity index (χ0n) is 7.86. The molecule has 0 rings (SSSR count). The second-order valence-corrected chi connectivity index (χ2v) is 5.81. The minimum absolute atomic E-state index is 0.0862. The molecule has 0 aromatic rings. The average Bonchev–Trinajstić information content (AvgIpc) is 1.97. The Labute approximate surface area is 89.8 Å². The summed E-state index contributed by atoms with van der Waals surface area (Å²) in [4.78, 5) is -1.38. The molecule has 0 aromatic heterocycles. The van der Waals surface area contributed by atoms with E-state index in [1.54, 1.807) is 0 Å². The van der Waals surface area contributed by atoms with Gasteiger partial charge in [0.1, 0.15) is 4.83 Å². The van der Waals surface area contributed by atoms with E-state index < -0.39 is 11.0 Å². The van der Waals surface area contributed by atoms with Gasteiger partial charge in [0.25, 0.3) is 0 Å². The third-order valence-corrected chi connectivity index (χ3v) is 4.67. The monoisotopic (exact) mass is 278 g/mol. The van der Waals surface area contributed by atoms with Gasteiger partial charge in [0.15, 0.2) is 0 Å². The van der Waals surface area contributed by atoms with Gasteiger partial charge in [-0.05, 0) is 5.92 Å². The molecule has 0 nitrogen and oxygen atoms in total.